The summed E-state index contributed by atoms with van der Waals surface area (Å²) in [5, 5.41) is 4.50. The molecular formula is C24H19ClN2O4S. The number of rotatable bonds is 5. The zero-order valence-electron chi connectivity index (χ0n) is 17.3. The van der Waals surface area contributed by atoms with E-state index in [1.165, 1.54) is 0 Å². The second-order valence-electron chi connectivity index (χ2n) is 7.18. The highest BCUT2D eigenvalue weighted by atomic mass is 35.5. The summed E-state index contributed by atoms with van der Waals surface area (Å²) in [6, 6.07) is 16.4. The summed E-state index contributed by atoms with van der Waals surface area (Å²) in [5.74, 6) is -0.259. The van der Waals surface area contributed by atoms with Crippen molar-refractivity contribution in [1.82, 2.24) is 4.90 Å². The Morgan fingerprint density at radius 3 is 2.62 bits per heavy atom. The van der Waals surface area contributed by atoms with Crippen LogP contribution in [0.25, 0.3) is 16.8 Å². The molecule has 1 aliphatic rings. The van der Waals surface area contributed by atoms with Crippen molar-refractivity contribution in [2.45, 2.75) is 6.92 Å². The normalized spacial score (nSPS) is 15.0. The first-order valence-electron chi connectivity index (χ1n) is 9.74. The maximum atomic E-state index is 12.9. The number of carbonyl (C=O) groups excluding carboxylic acids is 3. The van der Waals surface area contributed by atoms with E-state index in [0.717, 1.165) is 44.3 Å². The average Bonchev–Trinajstić information content (AvgIpc) is 3.04. The van der Waals surface area contributed by atoms with Gasteiger partial charge in [0.25, 0.3) is 11.1 Å². The van der Waals surface area contributed by atoms with Gasteiger partial charge in [0, 0.05) is 16.1 Å². The first-order chi connectivity index (χ1) is 15.4. The predicted octanol–water partition coefficient (Wildman–Crippen LogP) is 5.49. The molecule has 3 amide bonds. The number of anilines is 1. The zero-order valence-corrected chi connectivity index (χ0v) is 18.9. The predicted molar refractivity (Wildman–Crippen MR) is 128 cm³/mol. The van der Waals surface area contributed by atoms with E-state index in [2.05, 4.69) is 5.32 Å². The number of nitrogens with one attached hydrogen (secondary N) is 1. The van der Waals surface area contributed by atoms with Gasteiger partial charge in [-0.05, 0) is 59.5 Å². The molecule has 1 aliphatic heterocycles. The van der Waals surface area contributed by atoms with Gasteiger partial charge in [-0.15, -0.1) is 0 Å². The highest BCUT2D eigenvalue weighted by Gasteiger charge is 2.36. The summed E-state index contributed by atoms with van der Waals surface area (Å²) in [4.78, 5) is 39.0. The van der Waals surface area contributed by atoms with Crippen molar-refractivity contribution in [3.63, 3.8) is 0 Å². The monoisotopic (exact) mass is 466 g/mol. The molecule has 1 fully saturated rings. The van der Waals surface area contributed by atoms with Crippen LogP contribution in [0.5, 0.6) is 5.75 Å². The van der Waals surface area contributed by atoms with E-state index in [1.807, 2.05) is 43.3 Å². The standard InChI is InChI=1S/C24H19ClN2O4S/c1-14-7-9-16(25)12-19(14)26-22(28)13-27-23(29)21(32-24(27)30)11-15-8-10-20(31-2)18-6-4-3-5-17(15)18/h3-12H,13H2,1-2H3,(H,26,28)/b21-11+. The quantitative estimate of drug-likeness (QED) is 0.503. The Labute approximate surface area is 194 Å². The Morgan fingerprint density at radius 1 is 1.12 bits per heavy atom. The van der Waals surface area contributed by atoms with Crippen molar-refractivity contribution in [3.05, 3.63) is 75.7 Å². The van der Waals surface area contributed by atoms with Crippen LogP contribution >= 0.6 is 23.4 Å². The van der Waals surface area contributed by atoms with Crippen LogP contribution < -0.4 is 10.1 Å². The smallest absolute Gasteiger partial charge is 0.294 e. The molecule has 0 saturated carbocycles. The van der Waals surface area contributed by atoms with Gasteiger partial charge in [-0.2, -0.15) is 0 Å². The summed E-state index contributed by atoms with van der Waals surface area (Å²) < 4.78 is 5.41. The van der Waals surface area contributed by atoms with Crippen LogP contribution in [0.4, 0.5) is 10.5 Å². The molecule has 8 heteroatoms. The minimum absolute atomic E-state index is 0.261. The minimum Gasteiger partial charge on any atom is -0.496 e. The first kappa shape index (κ1) is 21.9. The molecule has 1 heterocycles. The van der Waals surface area contributed by atoms with Crippen molar-refractivity contribution in [2.24, 2.45) is 0 Å². The number of carbonyl (C=O) groups is 3. The maximum absolute atomic E-state index is 12.9. The summed E-state index contributed by atoms with van der Waals surface area (Å²) in [5.41, 5.74) is 2.14. The molecule has 0 aromatic heterocycles. The fourth-order valence-electron chi connectivity index (χ4n) is 3.44. The van der Waals surface area contributed by atoms with Gasteiger partial charge in [0.1, 0.15) is 12.3 Å². The van der Waals surface area contributed by atoms with Gasteiger partial charge in [-0.1, -0.05) is 48.0 Å². The molecule has 3 aromatic rings. The molecule has 6 nitrogen and oxygen atoms in total. The van der Waals surface area contributed by atoms with E-state index in [9.17, 15) is 14.4 Å². The summed E-state index contributed by atoms with van der Waals surface area (Å²) >= 11 is 6.80. The number of amides is 3. The lowest BCUT2D eigenvalue weighted by Gasteiger charge is -2.14. The van der Waals surface area contributed by atoms with Crippen molar-refractivity contribution in [2.75, 3.05) is 19.0 Å². The van der Waals surface area contributed by atoms with Crippen molar-refractivity contribution in [3.8, 4) is 5.75 Å². The zero-order chi connectivity index (χ0) is 22.8. The lowest BCUT2D eigenvalue weighted by atomic mass is 10.0. The number of nitrogens with zero attached hydrogens (tertiary/aromatic N) is 1. The maximum Gasteiger partial charge on any atom is 0.294 e. The topological polar surface area (TPSA) is 75.7 Å². The van der Waals surface area contributed by atoms with E-state index in [1.54, 1.807) is 31.4 Å². The number of methoxy groups -OCH3 is 1. The Balaban J connectivity index is 1.56. The number of hydrogen-bond donors (Lipinski definition) is 1. The van der Waals surface area contributed by atoms with Crippen LogP contribution in [-0.2, 0) is 9.59 Å². The minimum atomic E-state index is -0.502. The summed E-state index contributed by atoms with van der Waals surface area (Å²) in [7, 11) is 1.60. The van der Waals surface area contributed by atoms with Gasteiger partial charge in [0.2, 0.25) is 5.91 Å². The van der Waals surface area contributed by atoms with Gasteiger partial charge in [-0.25, -0.2) is 0 Å². The highest BCUT2D eigenvalue weighted by molar-refractivity contribution is 8.18. The molecule has 4 rings (SSSR count). The van der Waals surface area contributed by atoms with E-state index in [4.69, 9.17) is 16.3 Å². The number of imide groups is 1. The Morgan fingerprint density at radius 2 is 1.88 bits per heavy atom. The molecule has 0 aliphatic carbocycles. The number of halogens is 1. The van der Waals surface area contributed by atoms with E-state index >= 15 is 0 Å². The van der Waals surface area contributed by atoms with Crippen molar-refractivity contribution < 1.29 is 19.1 Å². The lowest BCUT2D eigenvalue weighted by Crippen LogP contribution is -2.36. The molecule has 3 aromatic carbocycles. The summed E-state index contributed by atoms with van der Waals surface area (Å²) in [6.07, 6.45) is 1.67. The van der Waals surface area contributed by atoms with Crippen LogP contribution in [0.2, 0.25) is 5.02 Å². The molecule has 32 heavy (non-hydrogen) atoms. The number of benzene rings is 3. The molecule has 0 radical (unpaired) electrons. The second kappa shape index (κ2) is 9.06. The number of fused-ring (bicyclic) bond motifs is 1. The van der Waals surface area contributed by atoms with E-state index in [-0.39, 0.29) is 11.4 Å². The Bertz CT molecular complexity index is 1290. The van der Waals surface area contributed by atoms with Crippen LogP contribution in [-0.4, -0.2) is 35.6 Å². The fourth-order valence-corrected chi connectivity index (χ4v) is 4.44. The average molecular weight is 467 g/mol. The Kier molecular flexibility index (Phi) is 6.21. The van der Waals surface area contributed by atoms with Crippen LogP contribution in [0.1, 0.15) is 11.1 Å². The van der Waals surface area contributed by atoms with E-state index < -0.39 is 17.1 Å². The van der Waals surface area contributed by atoms with E-state index in [0.29, 0.717) is 10.7 Å². The number of hydrogen-bond acceptors (Lipinski definition) is 5. The third-order valence-corrected chi connectivity index (χ3v) is 6.22. The first-order valence-corrected chi connectivity index (χ1v) is 10.9. The van der Waals surface area contributed by atoms with Gasteiger partial charge in [0.15, 0.2) is 0 Å². The molecular weight excluding hydrogens is 448 g/mol. The van der Waals surface area contributed by atoms with Crippen LogP contribution in [0, 0.1) is 6.92 Å². The van der Waals surface area contributed by atoms with Crippen LogP contribution in [0.15, 0.2) is 59.5 Å². The number of thioether (sulfide) groups is 1. The van der Waals surface area contributed by atoms with Crippen LogP contribution in [0.3, 0.4) is 0 Å². The molecule has 162 valence electrons. The molecule has 0 spiro atoms. The van der Waals surface area contributed by atoms with Gasteiger partial charge in [-0.3, -0.25) is 19.3 Å². The highest BCUT2D eigenvalue weighted by Crippen LogP contribution is 2.35. The Hall–Kier alpha value is -3.29. The van der Waals surface area contributed by atoms with Crippen molar-refractivity contribution >= 4 is 63.0 Å². The fraction of sp³-hybridized carbons (Fsp3) is 0.125. The number of aryl methyl sites for hydroxylation is 1. The SMILES string of the molecule is COc1ccc(/C=C2/SC(=O)N(CC(=O)Nc3cc(Cl)ccc3C)C2=O)c2ccccc12. The molecule has 0 bridgehead atoms. The molecule has 1 saturated heterocycles. The largest absolute Gasteiger partial charge is 0.496 e. The third kappa shape index (κ3) is 4.35. The number of ether oxygens (including phenoxy) is 1. The van der Waals surface area contributed by atoms with Gasteiger partial charge >= 0.3 is 0 Å². The van der Waals surface area contributed by atoms with Gasteiger partial charge in [0.05, 0.1) is 12.0 Å². The molecule has 1 N–H and O–H groups in total. The molecule has 0 unspecified atom stereocenters. The van der Waals surface area contributed by atoms with Crippen molar-refractivity contribution in [1.29, 1.82) is 0 Å². The van der Waals surface area contributed by atoms with Gasteiger partial charge < -0.3 is 10.1 Å². The lowest BCUT2D eigenvalue weighted by molar-refractivity contribution is -0.127. The molecule has 0 atom stereocenters. The third-order valence-electron chi connectivity index (χ3n) is 5.07. The second-order valence-corrected chi connectivity index (χ2v) is 8.61. The summed E-state index contributed by atoms with van der Waals surface area (Å²) in [6.45, 7) is 1.45.